The van der Waals surface area contributed by atoms with Gasteiger partial charge in [0.1, 0.15) is 28.8 Å². The molecule has 1 amide bonds. The van der Waals surface area contributed by atoms with Crippen molar-refractivity contribution in [3.8, 4) is 11.3 Å². The standard InChI is InChI=1S/C27H26F3N3O5/c1-14-11-15(12-22(34)27(14,38)9-7-23(35)36)16-8-10-31-13-21(16)33-26(37)20-6-5-19(30)25(32-20)24-17(28)3-2-4-18(24)29/h2-6,8,10,13-15,22,34,38H,7,9,11-12H2,1H3,(H,33,37)(H,35,36)/t14-,15+,22+,27-/m1/s1. The Balaban J connectivity index is 1.58. The Labute approximate surface area is 216 Å². The molecule has 4 rings (SSSR count). The lowest BCUT2D eigenvalue weighted by Crippen LogP contribution is -2.52. The monoisotopic (exact) mass is 529 g/mol. The van der Waals surface area contributed by atoms with E-state index in [9.17, 15) is 33.0 Å². The number of halogens is 3. The minimum Gasteiger partial charge on any atom is -0.481 e. The van der Waals surface area contributed by atoms with Gasteiger partial charge in [0.15, 0.2) is 0 Å². The summed E-state index contributed by atoms with van der Waals surface area (Å²) in [5, 5.41) is 33.4. The summed E-state index contributed by atoms with van der Waals surface area (Å²) < 4.78 is 42.9. The van der Waals surface area contributed by atoms with Crippen molar-refractivity contribution in [1.82, 2.24) is 9.97 Å². The molecule has 1 saturated carbocycles. The van der Waals surface area contributed by atoms with Crippen molar-refractivity contribution in [2.24, 2.45) is 5.92 Å². The number of hydrogen-bond donors (Lipinski definition) is 4. The van der Waals surface area contributed by atoms with E-state index in [0.717, 1.165) is 30.3 Å². The van der Waals surface area contributed by atoms with Gasteiger partial charge in [-0.1, -0.05) is 13.0 Å². The third-order valence-corrected chi connectivity index (χ3v) is 7.14. The van der Waals surface area contributed by atoms with Gasteiger partial charge in [-0.05, 0) is 67.0 Å². The maximum Gasteiger partial charge on any atom is 0.303 e. The van der Waals surface area contributed by atoms with Gasteiger partial charge in [-0.15, -0.1) is 0 Å². The molecule has 4 N–H and O–H groups in total. The molecule has 1 aliphatic carbocycles. The van der Waals surface area contributed by atoms with Crippen LogP contribution in [0.3, 0.4) is 0 Å². The highest BCUT2D eigenvalue weighted by Crippen LogP contribution is 2.45. The smallest absolute Gasteiger partial charge is 0.303 e. The maximum absolute atomic E-state index is 14.4. The number of carbonyl (C=O) groups is 2. The molecule has 1 fully saturated rings. The zero-order valence-electron chi connectivity index (χ0n) is 20.4. The van der Waals surface area contributed by atoms with Crippen LogP contribution in [0.4, 0.5) is 18.9 Å². The Bertz CT molecular complexity index is 1340. The van der Waals surface area contributed by atoms with Crippen LogP contribution in [-0.4, -0.2) is 48.9 Å². The van der Waals surface area contributed by atoms with Crippen molar-refractivity contribution in [3.05, 3.63) is 77.5 Å². The quantitative estimate of drug-likeness (QED) is 0.359. The molecular weight excluding hydrogens is 503 g/mol. The van der Waals surface area contributed by atoms with Crippen LogP contribution in [0.1, 0.15) is 54.6 Å². The zero-order valence-corrected chi connectivity index (χ0v) is 20.4. The number of pyridine rings is 2. The van der Waals surface area contributed by atoms with Crippen LogP contribution in [0.15, 0.2) is 48.8 Å². The van der Waals surface area contributed by atoms with E-state index < -0.39 is 58.2 Å². The summed E-state index contributed by atoms with van der Waals surface area (Å²) in [5.74, 6) is -5.69. The molecular formula is C27H26F3N3O5. The number of aromatic nitrogens is 2. The first-order chi connectivity index (χ1) is 18.0. The second-order valence-corrected chi connectivity index (χ2v) is 9.51. The average Bonchev–Trinajstić information content (AvgIpc) is 2.87. The van der Waals surface area contributed by atoms with Crippen molar-refractivity contribution in [2.75, 3.05) is 5.32 Å². The number of aliphatic carboxylic acids is 1. The van der Waals surface area contributed by atoms with Gasteiger partial charge in [-0.2, -0.15) is 0 Å². The van der Waals surface area contributed by atoms with E-state index in [1.807, 2.05) is 0 Å². The molecule has 0 unspecified atom stereocenters. The zero-order chi connectivity index (χ0) is 27.6. The summed E-state index contributed by atoms with van der Waals surface area (Å²) in [4.78, 5) is 31.9. The van der Waals surface area contributed by atoms with Crippen molar-refractivity contribution in [1.29, 1.82) is 0 Å². The number of carboxylic acids is 1. The molecule has 0 spiro atoms. The number of carbonyl (C=O) groups excluding carboxylic acids is 1. The highest BCUT2D eigenvalue weighted by molar-refractivity contribution is 6.03. The fourth-order valence-electron chi connectivity index (χ4n) is 5.02. The molecule has 38 heavy (non-hydrogen) atoms. The summed E-state index contributed by atoms with van der Waals surface area (Å²) in [7, 11) is 0. The highest BCUT2D eigenvalue weighted by Gasteiger charge is 2.47. The molecule has 0 saturated heterocycles. The fraction of sp³-hybridized carbons (Fsp3) is 0.333. The van der Waals surface area contributed by atoms with E-state index in [1.165, 1.54) is 12.4 Å². The first-order valence-corrected chi connectivity index (χ1v) is 12.0. The highest BCUT2D eigenvalue weighted by atomic mass is 19.1. The molecule has 2 aromatic heterocycles. The van der Waals surface area contributed by atoms with E-state index in [4.69, 9.17) is 5.11 Å². The van der Waals surface area contributed by atoms with Crippen LogP contribution < -0.4 is 5.32 Å². The number of benzene rings is 1. The predicted molar refractivity (Wildman–Crippen MR) is 131 cm³/mol. The summed E-state index contributed by atoms with van der Waals surface area (Å²) in [6.07, 6.45) is 1.80. The van der Waals surface area contributed by atoms with Gasteiger partial charge in [0.05, 0.1) is 29.2 Å². The maximum atomic E-state index is 14.4. The van der Waals surface area contributed by atoms with Crippen LogP contribution in [0.25, 0.3) is 11.3 Å². The molecule has 200 valence electrons. The van der Waals surface area contributed by atoms with E-state index >= 15 is 0 Å². The van der Waals surface area contributed by atoms with Crippen molar-refractivity contribution >= 4 is 17.6 Å². The fourth-order valence-corrected chi connectivity index (χ4v) is 5.02. The largest absolute Gasteiger partial charge is 0.481 e. The first kappa shape index (κ1) is 27.2. The molecule has 0 bridgehead atoms. The molecule has 1 aliphatic rings. The van der Waals surface area contributed by atoms with E-state index in [1.54, 1.807) is 13.0 Å². The minimum absolute atomic E-state index is 0.0987. The SMILES string of the molecule is C[C@@H]1C[C@H](c2ccncc2NC(=O)c2ccc(F)c(-c3c(F)cccc3F)n2)C[C@H](O)[C@@]1(O)CCC(=O)O. The number of aliphatic hydroxyl groups excluding tert-OH is 1. The number of nitrogens with zero attached hydrogens (tertiary/aromatic N) is 2. The number of aliphatic hydroxyl groups is 2. The topological polar surface area (TPSA) is 133 Å². The van der Waals surface area contributed by atoms with Crippen molar-refractivity contribution in [2.45, 2.75) is 50.2 Å². The third kappa shape index (κ3) is 5.39. The van der Waals surface area contributed by atoms with Crippen LogP contribution in [0.5, 0.6) is 0 Å². The van der Waals surface area contributed by atoms with Gasteiger partial charge in [-0.25, -0.2) is 18.2 Å². The van der Waals surface area contributed by atoms with Gasteiger partial charge < -0.3 is 20.6 Å². The van der Waals surface area contributed by atoms with Crippen LogP contribution in [0.2, 0.25) is 0 Å². The second-order valence-electron chi connectivity index (χ2n) is 9.51. The number of hydrogen-bond acceptors (Lipinski definition) is 6. The number of amides is 1. The van der Waals surface area contributed by atoms with E-state index in [-0.39, 0.29) is 36.6 Å². The van der Waals surface area contributed by atoms with Crippen LogP contribution in [0, 0.1) is 23.4 Å². The summed E-state index contributed by atoms with van der Waals surface area (Å²) in [6, 6.07) is 6.66. The number of carboxylic acid groups (broad SMARTS) is 1. The van der Waals surface area contributed by atoms with E-state index in [0.29, 0.717) is 12.0 Å². The lowest BCUT2D eigenvalue weighted by molar-refractivity contribution is -0.152. The molecule has 3 aromatic rings. The molecule has 0 radical (unpaired) electrons. The molecule has 1 aromatic carbocycles. The molecule has 11 heteroatoms. The van der Waals surface area contributed by atoms with Gasteiger partial charge in [-0.3, -0.25) is 14.6 Å². The van der Waals surface area contributed by atoms with Crippen molar-refractivity contribution < 1.29 is 38.1 Å². The van der Waals surface area contributed by atoms with Gasteiger partial charge in [0.25, 0.3) is 5.91 Å². The summed E-state index contributed by atoms with van der Waals surface area (Å²) in [5.41, 5.74) is -2.31. The molecule has 0 aliphatic heterocycles. The van der Waals surface area contributed by atoms with Gasteiger partial charge >= 0.3 is 5.97 Å². The van der Waals surface area contributed by atoms with E-state index in [2.05, 4.69) is 15.3 Å². The second kappa shape index (κ2) is 10.9. The Morgan fingerprint density at radius 3 is 2.45 bits per heavy atom. The Morgan fingerprint density at radius 1 is 1.08 bits per heavy atom. The summed E-state index contributed by atoms with van der Waals surface area (Å²) >= 11 is 0. The Morgan fingerprint density at radius 2 is 1.79 bits per heavy atom. The first-order valence-electron chi connectivity index (χ1n) is 12.0. The van der Waals surface area contributed by atoms with Crippen molar-refractivity contribution in [3.63, 3.8) is 0 Å². The molecule has 4 atom stereocenters. The normalized spacial score (nSPS) is 23.2. The Hall–Kier alpha value is -3.83. The number of rotatable bonds is 7. The minimum atomic E-state index is -1.57. The van der Waals surface area contributed by atoms with Crippen LogP contribution in [-0.2, 0) is 4.79 Å². The van der Waals surface area contributed by atoms with Crippen LogP contribution >= 0.6 is 0 Å². The number of nitrogens with one attached hydrogen (secondary N) is 1. The van der Waals surface area contributed by atoms with Gasteiger partial charge in [0.2, 0.25) is 0 Å². The average molecular weight is 530 g/mol. The lowest BCUT2D eigenvalue weighted by Gasteiger charge is -2.45. The Kier molecular flexibility index (Phi) is 7.79. The van der Waals surface area contributed by atoms with Gasteiger partial charge in [0, 0.05) is 12.6 Å². The predicted octanol–water partition coefficient (Wildman–Crippen LogP) is 4.28. The molecule has 2 heterocycles. The molecule has 8 nitrogen and oxygen atoms in total. The third-order valence-electron chi connectivity index (χ3n) is 7.14. The number of anilines is 1. The lowest BCUT2D eigenvalue weighted by atomic mass is 9.66. The summed E-state index contributed by atoms with van der Waals surface area (Å²) in [6.45, 7) is 1.72.